The number of hydrogen-bond acceptors (Lipinski definition) is 3. The third kappa shape index (κ3) is 4.10. The molecule has 0 fully saturated rings. The molecule has 0 saturated heterocycles. The van der Waals surface area contributed by atoms with Crippen molar-refractivity contribution in [3.63, 3.8) is 0 Å². The summed E-state index contributed by atoms with van der Waals surface area (Å²) in [7, 11) is 1.87. The topological polar surface area (TPSA) is 34.2 Å². The molecule has 0 unspecified atom stereocenters. The molecular formula is C14H14Cl2N2O. The van der Waals surface area contributed by atoms with Gasteiger partial charge in [-0.25, -0.2) is 4.98 Å². The molecule has 0 radical (unpaired) electrons. The average molecular weight is 297 g/mol. The van der Waals surface area contributed by atoms with Gasteiger partial charge in [0.05, 0.1) is 0 Å². The van der Waals surface area contributed by atoms with E-state index in [0.29, 0.717) is 22.5 Å². The fourth-order valence-electron chi connectivity index (χ4n) is 1.60. The van der Waals surface area contributed by atoms with Gasteiger partial charge >= 0.3 is 0 Å². The second-order valence-electron chi connectivity index (χ2n) is 4.08. The van der Waals surface area contributed by atoms with Crippen molar-refractivity contribution in [3.8, 4) is 5.88 Å². The Labute approximate surface area is 122 Å². The minimum absolute atomic E-state index is 0.412. The lowest BCUT2D eigenvalue weighted by Crippen LogP contribution is -2.06. The van der Waals surface area contributed by atoms with E-state index in [1.54, 1.807) is 6.20 Å². The molecule has 100 valence electrons. The third-order valence-electron chi connectivity index (χ3n) is 2.53. The molecule has 1 heterocycles. The van der Waals surface area contributed by atoms with Crippen LogP contribution in [0.4, 0.5) is 0 Å². The van der Waals surface area contributed by atoms with Gasteiger partial charge in [0.15, 0.2) is 0 Å². The summed E-state index contributed by atoms with van der Waals surface area (Å²) in [6.07, 6.45) is 1.75. The number of nitrogens with zero attached hydrogens (tertiary/aromatic N) is 1. The van der Waals surface area contributed by atoms with E-state index < -0.39 is 0 Å². The fourth-order valence-corrected chi connectivity index (χ4v) is 1.97. The summed E-state index contributed by atoms with van der Waals surface area (Å²) in [4.78, 5) is 4.21. The van der Waals surface area contributed by atoms with Gasteiger partial charge in [-0.2, -0.15) is 0 Å². The molecule has 1 N–H and O–H groups in total. The molecule has 1 aromatic heterocycles. The van der Waals surface area contributed by atoms with E-state index in [1.165, 1.54) is 0 Å². The SMILES string of the molecule is CNCc1cnc(OCc2ccc(Cl)cc2)c(Cl)c1. The molecule has 0 aliphatic rings. The maximum atomic E-state index is 6.12. The highest BCUT2D eigenvalue weighted by atomic mass is 35.5. The minimum atomic E-state index is 0.412. The number of benzene rings is 1. The molecule has 0 aliphatic carbocycles. The van der Waals surface area contributed by atoms with Gasteiger partial charge in [-0.1, -0.05) is 35.3 Å². The third-order valence-corrected chi connectivity index (χ3v) is 3.06. The van der Waals surface area contributed by atoms with Crippen LogP contribution in [0, 0.1) is 0 Å². The summed E-state index contributed by atoms with van der Waals surface area (Å²) in [5.41, 5.74) is 2.04. The Morgan fingerprint density at radius 1 is 1.16 bits per heavy atom. The van der Waals surface area contributed by atoms with E-state index in [1.807, 2.05) is 37.4 Å². The summed E-state index contributed by atoms with van der Waals surface area (Å²) in [6, 6.07) is 9.32. The molecule has 2 aromatic rings. The highest BCUT2D eigenvalue weighted by Crippen LogP contribution is 2.23. The van der Waals surface area contributed by atoms with Crippen LogP contribution in [0.25, 0.3) is 0 Å². The molecule has 0 bridgehead atoms. The highest BCUT2D eigenvalue weighted by Gasteiger charge is 2.05. The van der Waals surface area contributed by atoms with Gasteiger partial charge in [0, 0.05) is 17.8 Å². The number of ether oxygens (including phenoxy) is 1. The van der Waals surface area contributed by atoms with Crippen LogP contribution in [0.5, 0.6) is 5.88 Å². The quantitative estimate of drug-likeness (QED) is 0.914. The van der Waals surface area contributed by atoms with Crippen LogP contribution in [0.15, 0.2) is 36.5 Å². The van der Waals surface area contributed by atoms with E-state index in [9.17, 15) is 0 Å². The largest absolute Gasteiger partial charge is 0.472 e. The lowest BCUT2D eigenvalue weighted by atomic mass is 10.2. The predicted molar refractivity (Wildman–Crippen MR) is 77.8 cm³/mol. The summed E-state index contributed by atoms with van der Waals surface area (Å²) >= 11 is 11.9. The zero-order chi connectivity index (χ0) is 13.7. The molecule has 0 atom stereocenters. The van der Waals surface area contributed by atoms with Crippen LogP contribution in [0.1, 0.15) is 11.1 Å². The summed E-state index contributed by atoms with van der Waals surface area (Å²) in [6.45, 7) is 1.14. The first-order valence-electron chi connectivity index (χ1n) is 5.85. The number of aromatic nitrogens is 1. The van der Waals surface area contributed by atoms with Crippen LogP contribution in [-0.4, -0.2) is 12.0 Å². The fraction of sp³-hybridized carbons (Fsp3) is 0.214. The van der Waals surface area contributed by atoms with Gasteiger partial charge in [0.25, 0.3) is 0 Å². The van der Waals surface area contributed by atoms with E-state index in [4.69, 9.17) is 27.9 Å². The van der Waals surface area contributed by atoms with Crippen molar-refractivity contribution in [2.75, 3.05) is 7.05 Å². The monoisotopic (exact) mass is 296 g/mol. The van der Waals surface area contributed by atoms with Gasteiger partial charge in [-0.15, -0.1) is 0 Å². The maximum Gasteiger partial charge on any atom is 0.232 e. The van der Waals surface area contributed by atoms with E-state index in [0.717, 1.165) is 17.7 Å². The van der Waals surface area contributed by atoms with E-state index in [2.05, 4.69) is 10.3 Å². The smallest absolute Gasteiger partial charge is 0.232 e. The van der Waals surface area contributed by atoms with Crippen molar-refractivity contribution in [1.82, 2.24) is 10.3 Å². The van der Waals surface area contributed by atoms with Crippen molar-refractivity contribution in [1.29, 1.82) is 0 Å². The summed E-state index contributed by atoms with van der Waals surface area (Å²) < 4.78 is 5.59. The van der Waals surface area contributed by atoms with Gasteiger partial charge < -0.3 is 10.1 Å². The molecule has 1 aromatic carbocycles. The van der Waals surface area contributed by atoms with Crippen LogP contribution in [-0.2, 0) is 13.2 Å². The van der Waals surface area contributed by atoms with Crippen LogP contribution >= 0.6 is 23.2 Å². The molecular weight excluding hydrogens is 283 g/mol. The molecule has 5 heteroatoms. The highest BCUT2D eigenvalue weighted by molar-refractivity contribution is 6.31. The minimum Gasteiger partial charge on any atom is -0.472 e. The molecule has 0 aliphatic heterocycles. The van der Waals surface area contributed by atoms with Crippen molar-refractivity contribution >= 4 is 23.2 Å². The van der Waals surface area contributed by atoms with Crippen LogP contribution in [0.2, 0.25) is 10.0 Å². The molecule has 0 saturated carbocycles. The zero-order valence-corrected chi connectivity index (χ0v) is 12.0. The van der Waals surface area contributed by atoms with Crippen molar-refractivity contribution in [2.24, 2.45) is 0 Å². The van der Waals surface area contributed by atoms with E-state index in [-0.39, 0.29) is 0 Å². The summed E-state index contributed by atoms with van der Waals surface area (Å²) in [5.74, 6) is 0.441. The predicted octanol–water partition coefficient (Wildman–Crippen LogP) is 3.69. The number of hydrogen-bond donors (Lipinski definition) is 1. The van der Waals surface area contributed by atoms with E-state index >= 15 is 0 Å². The average Bonchev–Trinajstić information content (AvgIpc) is 2.40. The number of rotatable bonds is 5. The lowest BCUT2D eigenvalue weighted by Gasteiger charge is -2.08. The maximum absolute atomic E-state index is 6.12. The Kier molecular flexibility index (Phi) is 5.02. The second-order valence-corrected chi connectivity index (χ2v) is 4.92. The number of pyridine rings is 1. The van der Waals surface area contributed by atoms with Gasteiger partial charge in [-0.05, 0) is 36.4 Å². The van der Waals surface area contributed by atoms with Crippen molar-refractivity contribution < 1.29 is 4.74 Å². The first kappa shape index (κ1) is 14.1. The Balaban J connectivity index is 2.01. The van der Waals surface area contributed by atoms with Crippen molar-refractivity contribution in [2.45, 2.75) is 13.2 Å². The normalized spacial score (nSPS) is 10.5. The Morgan fingerprint density at radius 2 is 1.89 bits per heavy atom. The number of nitrogens with one attached hydrogen (secondary N) is 1. The second kappa shape index (κ2) is 6.75. The molecule has 0 spiro atoms. The standard InChI is InChI=1S/C14H14Cl2N2O/c1-17-7-11-6-13(16)14(18-8-11)19-9-10-2-4-12(15)5-3-10/h2-6,8,17H,7,9H2,1H3. The molecule has 0 amide bonds. The Morgan fingerprint density at radius 3 is 2.53 bits per heavy atom. The van der Waals surface area contributed by atoms with Gasteiger partial charge in [0.1, 0.15) is 11.6 Å². The van der Waals surface area contributed by atoms with Crippen LogP contribution < -0.4 is 10.1 Å². The molecule has 3 nitrogen and oxygen atoms in total. The lowest BCUT2D eigenvalue weighted by molar-refractivity contribution is 0.294. The van der Waals surface area contributed by atoms with Gasteiger partial charge in [0.2, 0.25) is 5.88 Å². The summed E-state index contributed by atoms with van der Waals surface area (Å²) in [5, 5.41) is 4.26. The first-order valence-corrected chi connectivity index (χ1v) is 6.61. The number of halogens is 2. The van der Waals surface area contributed by atoms with Crippen molar-refractivity contribution in [3.05, 3.63) is 57.7 Å². The Hall–Kier alpha value is -1.29. The first-order chi connectivity index (χ1) is 9.19. The molecule has 2 rings (SSSR count). The van der Waals surface area contributed by atoms with Crippen LogP contribution in [0.3, 0.4) is 0 Å². The van der Waals surface area contributed by atoms with Gasteiger partial charge in [-0.3, -0.25) is 0 Å². The Bertz CT molecular complexity index is 544. The molecule has 19 heavy (non-hydrogen) atoms. The zero-order valence-electron chi connectivity index (χ0n) is 10.5.